The molecule has 1 saturated carbocycles. The van der Waals surface area contributed by atoms with Crippen molar-refractivity contribution in [2.45, 2.75) is 12.8 Å². The van der Waals surface area contributed by atoms with Crippen LogP contribution in [0.5, 0.6) is 5.75 Å². The molecule has 0 atom stereocenters. The van der Waals surface area contributed by atoms with Gasteiger partial charge in [-0.2, -0.15) is 0 Å². The molecule has 0 amide bonds. The van der Waals surface area contributed by atoms with E-state index >= 15 is 0 Å². The SMILES string of the molecule is C=Cc1cc(F)c(OCC2CC2)c(Br)c1. The molecule has 1 aliphatic rings. The van der Waals surface area contributed by atoms with Crippen molar-refractivity contribution in [1.29, 1.82) is 0 Å². The molecule has 0 aromatic heterocycles. The summed E-state index contributed by atoms with van der Waals surface area (Å²) in [6, 6.07) is 3.23. The highest BCUT2D eigenvalue weighted by Gasteiger charge is 2.23. The second kappa shape index (κ2) is 4.35. The lowest BCUT2D eigenvalue weighted by atomic mass is 10.2. The van der Waals surface area contributed by atoms with Gasteiger partial charge in [0, 0.05) is 0 Å². The summed E-state index contributed by atoms with van der Waals surface area (Å²) in [6.07, 6.45) is 4.01. The van der Waals surface area contributed by atoms with Gasteiger partial charge in [0.1, 0.15) is 0 Å². The molecule has 1 aromatic carbocycles. The average Bonchev–Trinajstić information content (AvgIpc) is 3.00. The van der Waals surface area contributed by atoms with E-state index in [1.807, 2.05) is 0 Å². The third kappa shape index (κ3) is 2.59. The fourth-order valence-electron chi connectivity index (χ4n) is 1.32. The highest BCUT2D eigenvalue weighted by atomic mass is 79.9. The van der Waals surface area contributed by atoms with E-state index in [1.54, 1.807) is 12.1 Å². The quantitative estimate of drug-likeness (QED) is 0.803. The van der Waals surface area contributed by atoms with Crippen molar-refractivity contribution < 1.29 is 9.13 Å². The molecule has 0 N–H and O–H groups in total. The summed E-state index contributed by atoms with van der Waals surface area (Å²) in [6.45, 7) is 4.21. The van der Waals surface area contributed by atoms with Gasteiger partial charge in [-0.3, -0.25) is 0 Å². The van der Waals surface area contributed by atoms with Crippen LogP contribution in [0.2, 0.25) is 0 Å². The van der Waals surface area contributed by atoms with Crippen LogP contribution in [0, 0.1) is 11.7 Å². The maximum absolute atomic E-state index is 13.6. The van der Waals surface area contributed by atoms with Crippen molar-refractivity contribution >= 4 is 22.0 Å². The standard InChI is InChI=1S/C12H12BrFO/c1-2-8-5-10(13)12(11(14)6-8)15-7-9-3-4-9/h2,5-6,9H,1,3-4,7H2. The predicted octanol–water partition coefficient (Wildman–Crippen LogP) is 4.02. The minimum Gasteiger partial charge on any atom is -0.489 e. The molecule has 15 heavy (non-hydrogen) atoms. The first kappa shape index (κ1) is 10.7. The molecule has 1 fully saturated rings. The Kier molecular flexibility index (Phi) is 3.10. The van der Waals surface area contributed by atoms with Gasteiger partial charge in [0.25, 0.3) is 0 Å². The molecule has 0 heterocycles. The minimum absolute atomic E-state index is 0.312. The molecule has 0 spiro atoms. The highest BCUT2D eigenvalue weighted by molar-refractivity contribution is 9.10. The van der Waals surface area contributed by atoms with E-state index in [-0.39, 0.29) is 5.82 Å². The summed E-state index contributed by atoms with van der Waals surface area (Å²) in [5.74, 6) is 0.600. The molecule has 2 rings (SSSR count). The van der Waals surface area contributed by atoms with Crippen LogP contribution in [0.4, 0.5) is 4.39 Å². The summed E-state index contributed by atoms with van der Waals surface area (Å²) < 4.78 is 19.7. The zero-order valence-corrected chi connectivity index (χ0v) is 9.89. The summed E-state index contributed by atoms with van der Waals surface area (Å²) in [7, 11) is 0. The van der Waals surface area contributed by atoms with Crippen molar-refractivity contribution in [3.05, 3.63) is 34.6 Å². The Morgan fingerprint density at radius 2 is 2.27 bits per heavy atom. The van der Waals surface area contributed by atoms with Gasteiger partial charge < -0.3 is 4.74 Å². The van der Waals surface area contributed by atoms with Gasteiger partial charge in [-0.15, -0.1) is 0 Å². The molecular formula is C12H12BrFO. The van der Waals surface area contributed by atoms with E-state index in [1.165, 1.54) is 18.9 Å². The van der Waals surface area contributed by atoms with Gasteiger partial charge in [0.2, 0.25) is 0 Å². The third-order valence-electron chi connectivity index (χ3n) is 2.42. The Morgan fingerprint density at radius 1 is 1.53 bits per heavy atom. The van der Waals surface area contributed by atoms with Gasteiger partial charge in [0.15, 0.2) is 11.6 Å². The zero-order chi connectivity index (χ0) is 10.8. The lowest BCUT2D eigenvalue weighted by Gasteiger charge is -2.09. The Hall–Kier alpha value is -0.830. The molecule has 80 valence electrons. The first-order chi connectivity index (χ1) is 7.20. The van der Waals surface area contributed by atoms with E-state index in [0.29, 0.717) is 22.7 Å². The number of halogens is 2. The molecule has 0 bridgehead atoms. The largest absolute Gasteiger partial charge is 0.489 e. The maximum Gasteiger partial charge on any atom is 0.169 e. The first-order valence-corrected chi connectivity index (χ1v) is 5.74. The zero-order valence-electron chi connectivity index (χ0n) is 8.30. The summed E-state index contributed by atoms with van der Waals surface area (Å²) in [5, 5.41) is 0. The third-order valence-corrected chi connectivity index (χ3v) is 3.01. The molecular weight excluding hydrogens is 259 g/mol. The molecule has 1 aliphatic carbocycles. The van der Waals surface area contributed by atoms with E-state index in [4.69, 9.17) is 4.74 Å². The van der Waals surface area contributed by atoms with Crippen molar-refractivity contribution in [1.82, 2.24) is 0 Å². The molecule has 0 unspecified atom stereocenters. The summed E-state index contributed by atoms with van der Waals surface area (Å²) >= 11 is 3.30. The molecule has 1 aromatic rings. The summed E-state index contributed by atoms with van der Waals surface area (Å²) in [4.78, 5) is 0. The van der Waals surface area contributed by atoms with Gasteiger partial charge in [-0.1, -0.05) is 12.7 Å². The first-order valence-electron chi connectivity index (χ1n) is 4.95. The number of hydrogen-bond acceptors (Lipinski definition) is 1. The Bertz CT molecular complexity index is 362. The summed E-state index contributed by atoms with van der Waals surface area (Å²) in [5.41, 5.74) is 0.748. The van der Waals surface area contributed by atoms with Crippen LogP contribution >= 0.6 is 15.9 Å². The van der Waals surface area contributed by atoms with Crippen LogP contribution < -0.4 is 4.74 Å². The number of rotatable bonds is 4. The highest BCUT2D eigenvalue weighted by Crippen LogP contribution is 2.34. The van der Waals surface area contributed by atoms with Crippen molar-refractivity contribution in [2.75, 3.05) is 6.61 Å². The Balaban J connectivity index is 2.17. The second-order valence-electron chi connectivity index (χ2n) is 3.77. The lowest BCUT2D eigenvalue weighted by Crippen LogP contribution is -2.01. The molecule has 0 radical (unpaired) electrons. The van der Waals surface area contributed by atoms with Crippen molar-refractivity contribution in [3.8, 4) is 5.75 Å². The van der Waals surface area contributed by atoms with Gasteiger partial charge in [0.05, 0.1) is 11.1 Å². The Morgan fingerprint density at radius 3 is 2.80 bits per heavy atom. The minimum atomic E-state index is -0.333. The van der Waals surface area contributed by atoms with Gasteiger partial charge in [-0.25, -0.2) is 4.39 Å². The number of ether oxygens (including phenoxy) is 1. The normalized spacial score (nSPS) is 15.1. The van der Waals surface area contributed by atoms with Crippen molar-refractivity contribution in [3.63, 3.8) is 0 Å². The van der Waals surface area contributed by atoms with Crippen LogP contribution in [-0.4, -0.2) is 6.61 Å². The molecule has 0 saturated heterocycles. The van der Waals surface area contributed by atoms with Crippen LogP contribution in [0.15, 0.2) is 23.2 Å². The molecule has 0 aliphatic heterocycles. The lowest BCUT2D eigenvalue weighted by molar-refractivity contribution is 0.283. The topological polar surface area (TPSA) is 9.23 Å². The van der Waals surface area contributed by atoms with E-state index in [2.05, 4.69) is 22.5 Å². The van der Waals surface area contributed by atoms with Crippen molar-refractivity contribution in [2.24, 2.45) is 5.92 Å². The van der Waals surface area contributed by atoms with Crippen LogP contribution in [-0.2, 0) is 0 Å². The maximum atomic E-state index is 13.6. The van der Waals surface area contributed by atoms with E-state index < -0.39 is 0 Å². The average molecular weight is 271 g/mol. The fourth-order valence-corrected chi connectivity index (χ4v) is 1.89. The predicted molar refractivity (Wildman–Crippen MR) is 62.4 cm³/mol. The van der Waals surface area contributed by atoms with E-state index in [9.17, 15) is 4.39 Å². The Labute approximate surface area is 97.1 Å². The second-order valence-corrected chi connectivity index (χ2v) is 4.63. The molecule has 1 nitrogen and oxygen atoms in total. The molecule has 3 heteroatoms. The van der Waals surface area contributed by atoms with E-state index in [0.717, 1.165) is 5.56 Å². The van der Waals surface area contributed by atoms with Crippen LogP contribution in [0.3, 0.4) is 0 Å². The number of benzene rings is 1. The van der Waals surface area contributed by atoms with Gasteiger partial charge >= 0.3 is 0 Å². The monoisotopic (exact) mass is 270 g/mol. The number of hydrogen-bond donors (Lipinski definition) is 0. The van der Waals surface area contributed by atoms with Crippen LogP contribution in [0.1, 0.15) is 18.4 Å². The smallest absolute Gasteiger partial charge is 0.169 e. The van der Waals surface area contributed by atoms with Crippen LogP contribution in [0.25, 0.3) is 6.08 Å². The fraction of sp³-hybridized carbons (Fsp3) is 0.333. The van der Waals surface area contributed by atoms with Gasteiger partial charge in [-0.05, 0) is 52.4 Å².